The minimum atomic E-state index is -0.662. The lowest BCUT2D eigenvalue weighted by Crippen LogP contribution is -2.43. The van der Waals surface area contributed by atoms with E-state index in [4.69, 9.17) is 4.74 Å². The Morgan fingerprint density at radius 2 is 1.96 bits per heavy atom. The summed E-state index contributed by atoms with van der Waals surface area (Å²) in [4.78, 5) is 24.4. The summed E-state index contributed by atoms with van der Waals surface area (Å²) in [5.41, 5.74) is 0.550. The summed E-state index contributed by atoms with van der Waals surface area (Å²) in [7, 11) is 0. The number of halogens is 2. The van der Waals surface area contributed by atoms with Crippen molar-refractivity contribution in [1.82, 2.24) is 4.90 Å². The standard InChI is InChI=1S/C19H18F2N2O4/c20-15-6-3-14(18(21)10-15)12-27-17-2-1-9-22(11-17)19(24)13-4-7-16(8-5-13)23(25)26/h3-8,10,17H,1-2,9,11-12H2/t17-/m1/s1. The summed E-state index contributed by atoms with van der Waals surface area (Å²) in [6.07, 6.45) is 1.20. The summed E-state index contributed by atoms with van der Waals surface area (Å²) >= 11 is 0. The molecule has 1 heterocycles. The molecule has 1 aliphatic heterocycles. The molecule has 1 atom stereocenters. The Morgan fingerprint density at radius 3 is 2.63 bits per heavy atom. The molecule has 3 rings (SSSR count). The monoisotopic (exact) mass is 376 g/mol. The first-order chi connectivity index (χ1) is 12.9. The second-order valence-corrected chi connectivity index (χ2v) is 6.37. The van der Waals surface area contributed by atoms with Gasteiger partial charge in [-0.2, -0.15) is 0 Å². The smallest absolute Gasteiger partial charge is 0.269 e. The van der Waals surface area contributed by atoms with Gasteiger partial charge in [-0.1, -0.05) is 6.07 Å². The average Bonchev–Trinajstić information content (AvgIpc) is 2.67. The van der Waals surface area contributed by atoms with Crippen LogP contribution in [-0.2, 0) is 11.3 Å². The van der Waals surface area contributed by atoms with Gasteiger partial charge in [-0.3, -0.25) is 14.9 Å². The van der Waals surface area contributed by atoms with Crippen LogP contribution in [0.15, 0.2) is 42.5 Å². The molecule has 0 radical (unpaired) electrons. The molecule has 27 heavy (non-hydrogen) atoms. The van der Waals surface area contributed by atoms with Crippen LogP contribution in [0.5, 0.6) is 0 Å². The number of carbonyl (C=O) groups is 1. The Morgan fingerprint density at radius 1 is 1.22 bits per heavy atom. The first-order valence-corrected chi connectivity index (χ1v) is 8.53. The van der Waals surface area contributed by atoms with E-state index >= 15 is 0 Å². The Balaban J connectivity index is 1.59. The number of hydrogen-bond acceptors (Lipinski definition) is 4. The molecule has 0 aliphatic carbocycles. The van der Waals surface area contributed by atoms with Crippen LogP contribution in [0.25, 0.3) is 0 Å². The fraction of sp³-hybridized carbons (Fsp3) is 0.316. The van der Waals surface area contributed by atoms with Gasteiger partial charge in [0.2, 0.25) is 0 Å². The summed E-state index contributed by atoms with van der Waals surface area (Å²) in [5.74, 6) is -1.54. The molecule has 2 aromatic carbocycles. The number of amides is 1. The van der Waals surface area contributed by atoms with Gasteiger partial charge in [0.05, 0.1) is 17.6 Å². The lowest BCUT2D eigenvalue weighted by molar-refractivity contribution is -0.384. The fourth-order valence-electron chi connectivity index (χ4n) is 3.01. The number of non-ortho nitro benzene ring substituents is 1. The maximum atomic E-state index is 13.7. The molecule has 1 amide bonds. The van der Waals surface area contributed by atoms with Gasteiger partial charge in [0.25, 0.3) is 11.6 Å². The molecule has 1 fully saturated rings. The lowest BCUT2D eigenvalue weighted by atomic mass is 10.1. The van der Waals surface area contributed by atoms with Crippen molar-refractivity contribution >= 4 is 11.6 Å². The number of hydrogen-bond donors (Lipinski definition) is 0. The Bertz CT molecular complexity index is 842. The Hall–Kier alpha value is -2.87. The van der Waals surface area contributed by atoms with Gasteiger partial charge in [-0.25, -0.2) is 8.78 Å². The molecule has 0 unspecified atom stereocenters. The van der Waals surface area contributed by atoms with Crippen LogP contribution in [0.4, 0.5) is 14.5 Å². The van der Waals surface area contributed by atoms with Crippen molar-refractivity contribution in [3.05, 3.63) is 75.3 Å². The number of likely N-dealkylation sites (tertiary alicyclic amines) is 1. The molecule has 1 saturated heterocycles. The first kappa shape index (κ1) is 18.9. The van der Waals surface area contributed by atoms with Crippen molar-refractivity contribution in [3.8, 4) is 0 Å². The highest BCUT2D eigenvalue weighted by Gasteiger charge is 2.25. The van der Waals surface area contributed by atoms with E-state index in [1.54, 1.807) is 4.90 Å². The second-order valence-electron chi connectivity index (χ2n) is 6.37. The van der Waals surface area contributed by atoms with Crippen LogP contribution < -0.4 is 0 Å². The molecule has 1 aliphatic rings. The zero-order valence-corrected chi connectivity index (χ0v) is 14.4. The molecule has 8 heteroatoms. The molecule has 0 aromatic heterocycles. The predicted molar refractivity (Wildman–Crippen MR) is 93.2 cm³/mol. The molecule has 142 valence electrons. The van der Waals surface area contributed by atoms with Gasteiger partial charge in [0.1, 0.15) is 11.6 Å². The third kappa shape index (κ3) is 4.65. The van der Waals surface area contributed by atoms with Crippen molar-refractivity contribution < 1.29 is 23.2 Å². The zero-order chi connectivity index (χ0) is 19.4. The molecule has 0 spiro atoms. The van der Waals surface area contributed by atoms with E-state index in [1.165, 1.54) is 36.4 Å². The Kier molecular flexibility index (Phi) is 5.75. The first-order valence-electron chi connectivity index (χ1n) is 8.53. The van der Waals surface area contributed by atoms with Crippen molar-refractivity contribution in [2.75, 3.05) is 13.1 Å². The lowest BCUT2D eigenvalue weighted by Gasteiger charge is -2.32. The highest BCUT2D eigenvalue weighted by atomic mass is 19.1. The second kappa shape index (κ2) is 8.22. The van der Waals surface area contributed by atoms with E-state index in [0.717, 1.165) is 18.9 Å². The number of nitrogens with zero attached hydrogens (tertiary/aromatic N) is 2. The van der Waals surface area contributed by atoms with Crippen LogP contribution in [-0.4, -0.2) is 34.9 Å². The number of nitro groups is 1. The largest absolute Gasteiger partial charge is 0.372 e. The third-order valence-electron chi connectivity index (χ3n) is 4.48. The number of benzene rings is 2. The summed E-state index contributed by atoms with van der Waals surface area (Å²) in [6, 6.07) is 8.77. The average molecular weight is 376 g/mol. The van der Waals surface area contributed by atoms with E-state index in [-0.39, 0.29) is 29.9 Å². The Labute approximate surface area is 154 Å². The summed E-state index contributed by atoms with van der Waals surface area (Å²) in [5, 5.41) is 10.7. The molecule has 0 saturated carbocycles. The number of ether oxygens (including phenoxy) is 1. The van der Waals surface area contributed by atoms with Crippen molar-refractivity contribution in [2.45, 2.75) is 25.6 Å². The van der Waals surface area contributed by atoms with Crippen LogP contribution in [0.1, 0.15) is 28.8 Å². The van der Waals surface area contributed by atoms with Crippen LogP contribution in [0.2, 0.25) is 0 Å². The van der Waals surface area contributed by atoms with E-state index in [1.807, 2.05) is 0 Å². The summed E-state index contributed by atoms with van der Waals surface area (Å²) in [6.45, 7) is 0.898. The van der Waals surface area contributed by atoms with Crippen molar-refractivity contribution in [1.29, 1.82) is 0 Å². The minimum Gasteiger partial charge on any atom is -0.372 e. The highest BCUT2D eigenvalue weighted by molar-refractivity contribution is 5.94. The topological polar surface area (TPSA) is 72.7 Å². The van der Waals surface area contributed by atoms with E-state index in [9.17, 15) is 23.7 Å². The zero-order valence-electron chi connectivity index (χ0n) is 14.4. The number of nitro benzene ring substituents is 1. The SMILES string of the molecule is O=C(c1ccc([N+](=O)[O-])cc1)N1CCC[C@@H](OCc2ccc(F)cc2F)C1. The van der Waals surface area contributed by atoms with E-state index < -0.39 is 16.6 Å². The third-order valence-corrected chi connectivity index (χ3v) is 4.48. The van der Waals surface area contributed by atoms with Gasteiger partial charge in [-0.05, 0) is 31.0 Å². The van der Waals surface area contributed by atoms with Gasteiger partial charge in [-0.15, -0.1) is 0 Å². The minimum absolute atomic E-state index is 0.00363. The fourth-order valence-corrected chi connectivity index (χ4v) is 3.01. The van der Waals surface area contributed by atoms with Crippen LogP contribution in [0, 0.1) is 21.7 Å². The number of piperidine rings is 1. The van der Waals surface area contributed by atoms with Gasteiger partial charge < -0.3 is 9.64 Å². The molecule has 0 bridgehead atoms. The van der Waals surface area contributed by atoms with Gasteiger partial charge in [0, 0.05) is 42.4 Å². The summed E-state index contributed by atoms with van der Waals surface area (Å²) < 4.78 is 32.3. The van der Waals surface area contributed by atoms with Gasteiger partial charge in [0.15, 0.2) is 0 Å². The van der Waals surface area contributed by atoms with E-state index in [2.05, 4.69) is 0 Å². The molecular weight excluding hydrogens is 358 g/mol. The molecular formula is C19H18F2N2O4. The van der Waals surface area contributed by atoms with Crippen molar-refractivity contribution in [2.24, 2.45) is 0 Å². The molecule has 2 aromatic rings. The maximum absolute atomic E-state index is 13.7. The van der Waals surface area contributed by atoms with Crippen molar-refractivity contribution in [3.63, 3.8) is 0 Å². The number of carbonyl (C=O) groups excluding carboxylic acids is 1. The quantitative estimate of drug-likeness (QED) is 0.589. The molecule has 0 N–H and O–H groups in total. The predicted octanol–water partition coefficient (Wildman–Crippen LogP) is 3.69. The van der Waals surface area contributed by atoms with Gasteiger partial charge >= 0.3 is 0 Å². The van der Waals surface area contributed by atoms with Crippen LogP contribution in [0.3, 0.4) is 0 Å². The highest BCUT2D eigenvalue weighted by Crippen LogP contribution is 2.20. The normalized spacial score (nSPS) is 17.0. The molecule has 6 nitrogen and oxygen atoms in total. The van der Waals surface area contributed by atoms with E-state index in [0.29, 0.717) is 18.7 Å². The van der Waals surface area contributed by atoms with Crippen LogP contribution >= 0.6 is 0 Å². The maximum Gasteiger partial charge on any atom is 0.269 e. The number of rotatable bonds is 5.